The van der Waals surface area contributed by atoms with Crippen LogP contribution in [0.2, 0.25) is 0 Å². The largest absolute Gasteiger partial charge is 0.0654 e. The highest BCUT2D eigenvalue weighted by molar-refractivity contribution is 5.21. The average Bonchev–Trinajstić information content (AvgIpc) is 2.63. The highest BCUT2D eigenvalue weighted by Crippen LogP contribution is 2.14. The molecule has 0 nitrogen and oxygen atoms in total. The summed E-state index contributed by atoms with van der Waals surface area (Å²) < 4.78 is 0. The number of rotatable bonds is 17. The van der Waals surface area contributed by atoms with Crippen LogP contribution >= 0.6 is 0 Å². The molecule has 144 valence electrons. The monoisotopic (exact) mass is 344 g/mol. The van der Waals surface area contributed by atoms with Crippen molar-refractivity contribution in [3.05, 3.63) is 35.4 Å². The molecule has 0 heterocycles. The van der Waals surface area contributed by atoms with E-state index >= 15 is 0 Å². The van der Waals surface area contributed by atoms with Crippen LogP contribution < -0.4 is 0 Å². The molecule has 0 saturated heterocycles. The first-order valence-corrected chi connectivity index (χ1v) is 11.4. The Morgan fingerprint density at radius 1 is 0.480 bits per heavy atom. The summed E-state index contributed by atoms with van der Waals surface area (Å²) in [5.41, 5.74) is 2.88. The standard InChI is InChI=1S/C25H44/c1-3-4-5-6-7-8-9-10-11-12-13-14-15-16-17-18-19-25-22-20-24(2)21-23-25/h20-23H,3-19H2,1-2H3. The zero-order chi connectivity index (χ0) is 18.0. The van der Waals surface area contributed by atoms with Crippen LogP contribution in [0.3, 0.4) is 0 Å². The Bertz CT molecular complexity index is 376. The summed E-state index contributed by atoms with van der Waals surface area (Å²) in [7, 11) is 0. The van der Waals surface area contributed by atoms with Gasteiger partial charge in [0, 0.05) is 0 Å². The van der Waals surface area contributed by atoms with E-state index in [-0.39, 0.29) is 0 Å². The fourth-order valence-electron chi connectivity index (χ4n) is 3.63. The smallest absolute Gasteiger partial charge is 0.0279 e. The molecule has 0 N–H and O–H groups in total. The van der Waals surface area contributed by atoms with E-state index in [0.717, 1.165) is 0 Å². The SMILES string of the molecule is CCCCCCCCCCCCCCCCCCc1ccc(C)cc1. The second-order valence-corrected chi connectivity index (χ2v) is 8.04. The first-order valence-electron chi connectivity index (χ1n) is 11.4. The maximum atomic E-state index is 2.30. The van der Waals surface area contributed by atoms with Crippen molar-refractivity contribution < 1.29 is 0 Å². The molecular weight excluding hydrogens is 300 g/mol. The van der Waals surface area contributed by atoms with Gasteiger partial charge in [-0.15, -0.1) is 0 Å². The van der Waals surface area contributed by atoms with Crippen LogP contribution in [0.1, 0.15) is 121 Å². The average molecular weight is 345 g/mol. The van der Waals surface area contributed by atoms with E-state index in [9.17, 15) is 0 Å². The van der Waals surface area contributed by atoms with Gasteiger partial charge in [0.2, 0.25) is 0 Å². The first kappa shape index (κ1) is 22.3. The molecule has 1 aromatic carbocycles. The molecule has 0 aliphatic carbocycles. The van der Waals surface area contributed by atoms with Gasteiger partial charge in [0.05, 0.1) is 0 Å². The zero-order valence-corrected chi connectivity index (χ0v) is 17.3. The Balaban J connectivity index is 1.74. The predicted octanol–water partition coefficient (Wildman–Crippen LogP) is 8.80. The van der Waals surface area contributed by atoms with Crippen LogP contribution in [0.4, 0.5) is 0 Å². The molecule has 0 aliphatic heterocycles. The van der Waals surface area contributed by atoms with E-state index in [4.69, 9.17) is 0 Å². The minimum absolute atomic E-state index is 1.26. The van der Waals surface area contributed by atoms with Crippen molar-refractivity contribution in [2.45, 2.75) is 123 Å². The summed E-state index contributed by atoms with van der Waals surface area (Å²) in [6.07, 6.45) is 24.4. The van der Waals surface area contributed by atoms with Gasteiger partial charge in [-0.2, -0.15) is 0 Å². The Kier molecular flexibility index (Phi) is 14.8. The van der Waals surface area contributed by atoms with Crippen LogP contribution in [0.5, 0.6) is 0 Å². The Labute approximate surface area is 158 Å². The number of hydrogen-bond acceptors (Lipinski definition) is 0. The molecule has 0 aromatic heterocycles. The first-order chi connectivity index (χ1) is 12.3. The number of unbranched alkanes of at least 4 members (excludes halogenated alkanes) is 15. The molecule has 1 aromatic rings. The molecular formula is C25H44. The normalized spacial score (nSPS) is 11.1. The zero-order valence-electron chi connectivity index (χ0n) is 17.3. The van der Waals surface area contributed by atoms with Gasteiger partial charge in [0.25, 0.3) is 0 Å². The molecule has 0 unspecified atom stereocenters. The molecule has 0 amide bonds. The summed E-state index contributed by atoms with van der Waals surface area (Å²) >= 11 is 0. The lowest BCUT2D eigenvalue weighted by atomic mass is 10.0. The maximum absolute atomic E-state index is 2.30. The summed E-state index contributed by atoms with van der Waals surface area (Å²) in [4.78, 5) is 0. The van der Waals surface area contributed by atoms with Crippen molar-refractivity contribution in [3.8, 4) is 0 Å². The molecule has 0 fully saturated rings. The van der Waals surface area contributed by atoms with Crippen molar-refractivity contribution >= 4 is 0 Å². The van der Waals surface area contributed by atoms with Gasteiger partial charge in [-0.05, 0) is 25.3 Å². The third kappa shape index (κ3) is 14.1. The van der Waals surface area contributed by atoms with Crippen LogP contribution in [0, 0.1) is 6.92 Å². The third-order valence-corrected chi connectivity index (χ3v) is 5.44. The molecule has 0 spiro atoms. The van der Waals surface area contributed by atoms with Crippen molar-refractivity contribution in [1.82, 2.24) is 0 Å². The fraction of sp³-hybridized carbons (Fsp3) is 0.760. The van der Waals surface area contributed by atoms with Crippen molar-refractivity contribution in [3.63, 3.8) is 0 Å². The van der Waals surface area contributed by atoms with Crippen molar-refractivity contribution in [2.24, 2.45) is 0 Å². The van der Waals surface area contributed by atoms with Gasteiger partial charge in [-0.3, -0.25) is 0 Å². The van der Waals surface area contributed by atoms with E-state index in [1.807, 2.05) is 0 Å². The van der Waals surface area contributed by atoms with Gasteiger partial charge in [-0.25, -0.2) is 0 Å². The predicted molar refractivity (Wildman–Crippen MR) is 114 cm³/mol. The topological polar surface area (TPSA) is 0 Å². The highest BCUT2D eigenvalue weighted by Gasteiger charge is 1.96. The van der Waals surface area contributed by atoms with E-state index in [1.54, 1.807) is 0 Å². The lowest BCUT2D eigenvalue weighted by Crippen LogP contribution is -1.87. The van der Waals surface area contributed by atoms with Crippen LogP contribution in [0.25, 0.3) is 0 Å². The Morgan fingerprint density at radius 2 is 0.840 bits per heavy atom. The number of benzene rings is 1. The second-order valence-electron chi connectivity index (χ2n) is 8.04. The molecule has 0 aliphatic rings. The van der Waals surface area contributed by atoms with Gasteiger partial charge < -0.3 is 0 Å². The number of hydrogen-bond donors (Lipinski definition) is 0. The van der Waals surface area contributed by atoms with E-state index in [0.29, 0.717) is 0 Å². The Morgan fingerprint density at radius 3 is 1.24 bits per heavy atom. The molecule has 1 rings (SSSR count). The summed E-state index contributed by atoms with van der Waals surface area (Å²) in [5, 5.41) is 0. The lowest BCUT2D eigenvalue weighted by Gasteiger charge is -2.04. The van der Waals surface area contributed by atoms with Crippen LogP contribution in [-0.4, -0.2) is 0 Å². The third-order valence-electron chi connectivity index (χ3n) is 5.44. The molecule has 0 saturated carbocycles. The molecule has 25 heavy (non-hydrogen) atoms. The van der Waals surface area contributed by atoms with Gasteiger partial charge in [-0.1, -0.05) is 133 Å². The Hall–Kier alpha value is -0.780. The van der Waals surface area contributed by atoms with Crippen molar-refractivity contribution in [1.29, 1.82) is 0 Å². The van der Waals surface area contributed by atoms with Crippen molar-refractivity contribution in [2.75, 3.05) is 0 Å². The van der Waals surface area contributed by atoms with Gasteiger partial charge in [0.15, 0.2) is 0 Å². The molecule has 0 atom stereocenters. The van der Waals surface area contributed by atoms with E-state index < -0.39 is 0 Å². The van der Waals surface area contributed by atoms with Crippen LogP contribution in [0.15, 0.2) is 24.3 Å². The van der Waals surface area contributed by atoms with Gasteiger partial charge >= 0.3 is 0 Å². The van der Waals surface area contributed by atoms with E-state index in [1.165, 1.54) is 120 Å². The second kappa shape index (κ2) is 16.7. The molecule has 0 radical (unpaired) electrons. The summed E-state index contributed by atoms with van der Waals surface area (Å²) in [5.74, 6) is 0. The molecule has 0 heteroatoms. The lowest BCUT2D eigenvalue weighted by molar-refractivity contribution is 0.529. The maximum Gasteiger partial charge on any atom is -0.0279 e. The minimum Gasteiger partial charge on any atom is -0.0654 e. The summed E-state index contributed by atoms with van der Waals surface area (Å²) in [6.45, 7) is 4.46. The van der Waals surface area contributed by atoms with Gasteiger partial charge in [0.1, 0.15) is 0 Å². The van der Waals surface area contributed by atoms with E-state index in [2.05, 4.69) is 38.1 Å². The number of aryl methyl sites for hydroxylation is 2. The minimum atomic E-state index is 1.26. The quantitative estimate of drug-likeness (QED) is 0.248. The molecule has 0 bridgehead atoms. The highest BCUT2D eigenvalue weighted by atomic mass is 14.0. The van der Waals surface area contributed by atoms with Crippen LogP contribution in [-0.2, 0) is 6.42 Å². The summed E-state index contributed by atoms with van der Waals surface area (Å²) in [6, 6.07) is 9.06. The fourth-order valence-corrected chi connectivity index (χ4v) is 3.63.